The van der Waals surface area contributed by atoms with E-state index in [1.54, 1.807) is 4.90 Å². The first-order valence-electron chi connectivity index (χ1n) is 10.4. The van der Waals surface area contributed by atoms with Gasteiger partial charge in [0.1, 0.15) is 27.4 Å². The second kappa shape index (κ2) is 7.90. The minimum Gasteiger partial charge on any atom is -0.591 e. The molecule has 1 atom stereocenters. The van der Waals surface area contributed by atoms with Gasteiger partial charge < -0.3 is 14.2 Å². The molecule has 0 aromatic heterocycles. The molecule has 1 amide bonds. The van der Waals surface area contributed by atoms with Gasteiger partial charge in [-0.2, -0.15) is 5.26 Å². The van der Waals surface area contributed by atoms with Crippen molar-refractivity contribution in [3.8, 4) is 6.07 Å². The lowest BCUT2D eigenvalue weighted by Crippen LogP contribution is -2.47. The Balaban J connectivity index is 1.91. The lowest BCUT2D eigenvalue weighted by Gasteiger charge is -2.39. The summed E-state index contributed by atoms with van der Waals surface area (Å²) in [6.07, 6.45) is 1.94. The van der Waals surface area contributed by atoms with E-state index < -0.39 is 21.7 Å². The lowest BCUT2D eigenvalue weighted by atomic mass is 9.74. The molecule has 2 aliphatic rings. The molecule has 7 heteroatoms. The Bertz CT molecular complexity index is 898. The molecule has 1 aromatic carbocycles. The van der Waals surface area contributed by atoms with Gasteiger partial charge in [0.2, 0.25) is 0 Å². The number of hydrogen-bond donors (Lipinski definition) is 0. The van der Waals surface area contributed by atoms with E-state index in [0.29, 0.717) is 18.7 Å². The fourth-order valence-electron chi connectivity index (χ4n) is 3.98. The van der Waals surface area contributed by atoms with Gasteiger partial charge in [-0.15, -0.1) is 0 Å². The number of benzene rings is 1. The molecule has 3 rings (SSSR count). The third kappa shape index (κ3) is 4.65. The first kappa shape index (κ1) is 22.6. The van der Waals surface area contributed by atoms with Gasteiger partial charge in [0, 0.05) is 24.1 Å². The zero-order valence-corrected chi connectivity index (χ0v) is 19.6. The number of piperidine rings is 1. The lowest BCUT2D eigenvalue weighted by molar-refractivity contribution is 0.0159. The molecule has 1 saturated heterocycles. The van der Waals surface area contributed by atoms with E-state index in [2.05, 4.69) is 6.07 Å². The SMILES string of the molecule is CC(C)(C)OC(=O)N1CCC2(CC1)Cc1ccc(C#N)cc1C2=N[S+]([O-])C(C)(C)C. The number of nitriles is 1. The number of likely N-dealkylation sites (tertiary alicyclic amines) is 1. The Hall–Kier alpha value is -2.04. The number of rotatable bonds is 1. The highest BCUT2D eigenvalue weighted by Gasteiger charge is 2.48. The molecule has 1 unspecified atom stereocenters. The minimum absolute atomic E-state index is 0.268. The maximum Gasteiger partial charge on any atom is 0.410 e. The van der Waals surface area contributed by atoms with Crippen LogP contribution in [0.15, 0.2) is 22.6 Å². The van der Waals surface area contributed by atoms with Crippen molar-refractivity contribution in [3.63, 3.8) is 0 Å². The molecule has 0 radical (unpaired) electrons. The van der Waals surface area contributed by atoms with Gasteiger partial charge >= 0.3 is 6.09 Å². The second-order valence-corrected chi connectivity index (χ2v) is 12.1. The van der Waals surface area contributed by atoms with E-state index in [1.165, 1.54) is 0 Å². The summed E-state index contributed by atoms with van der Waals surface area (Å²) >= 11 is -1.40. The van der Waals surface area contributed by atoms with E-state index in [4.69, 9.17) is 9.13 Å². The molecule has 1 aliphatic heterocycles. The maximum atomic E-state index is 12.9. The fraction of sp³-hybridized carbons (Fsp3) is 0.609. The molecule has 0 bridgehead atoms. The van der Waals surface area contributed by atoms with Crippen LogP contribution in [0.25, 0.3) is 0 Å². The van der Waals surface area contributed by atoms with Crippen LogP contribution in [0.5, 0.6) is 0 Å². The molecular weight excluding hydrogens is 398 g/mol. The molecule has 162 valence electrons. The molecule has 0 saturated carbocycles. The molecular formula is C23H31N3O3S. The van der Waals surface area contributed by atoms with Crippen molar-refractivity contribution in [2.24, 2.45) is 9.81 Å². The van der Waals surface area contributed by atoms with E-state index in [0.717, 1.165) is 36.1 Å². The third-order valence-corrected chi connectivity index (χ3v) is 6.99. The van der Waals surface area contributed by atoms with Gasteiger partial charge in [0.05, 0.1) is 11.6 Å². The Kier molecular flexibility index (Phi) is 5.96. The average Bonchev–Trinajstić information content (AvgIpc) is 2.92. The molecule has 1 aromatic rings. The zero-order chi connectivity index (χ0) is 22.3. The highest BCUT2D eigenvalue weighted by atomic mass is 32.2. The van der Waals surface area contributed by atoms with E-state index in [9.17, 15) is 14.6 Å². The van der Waals surface area contributed by atoms with Crippen molar-refractivity contribution >= 4 is 23.2 Å². The molecule has 6 nitrogen and oxygen atoms in total. The fourth-order valence-corrected chi connectivity index (χ4v) is 4.71. The molecule has 1 aliphatic carbocycles. The summed E-state index contributed by atoms with van der Waals surface area (Å²) in [6, 6.07) is 7.87. The Morgan fingerprint density at radius 2 is 1.87 bits per heavy atom. The summed E-state index contributed by atoms with van der Waals surface area (Å²) in [5.41, 5.74) is 2.66. The predicted octanol–water partition coefficient (Wildman–Crippen LogP) is 4.38. The van der Waals surface area contributed by atoms with Crippen LogP contribution in [0, 0.1) is 16.7 Å². The normalized spacial score (nSPS) is 20.7. The molecule has 1 heterocycles. The number of carbonyl (C=O) groups is 1. The minimum atomic E-state index is -1.40. The summed E-state index contributed by atoms with van der Waals surface area (Å²) in [5, 5.41) is 9.35. The molecule has 0 N–H and O–H groups in total. The first-order valence-corrected chi connectivity index (χ1v) is 11.5. The van der Waals surface area contributed by atoms with Gasteiger partial charge in [0.15, 0.2) is 0 Å². The summed E-state index contributed by atoms with van der Waals surface area (Å²) in [7, 11) is 0. The first-order chi connectivity index (χ1) is 13.8. The van der Waals surface area contributed by atoms with Crippen molar-refractivity contribution < 1.29 is 14.1 Å². The van der Waals surface area contributed by atoms with Gasteiger partial charge in [-0.25, -0.2) is 4.79 Å². The van der Waals surface area contributed by atoms with Crippen LogP contribution in [-0.4, -0.2) is 44.7 Å². The number of amides is 1. The van der Waals surface area contributed by atoms with Crippen molar-refractivity contribution in [1.82, 2.24) is 4.90 Å². The van der Waals surface area contributed by atoms with Crippen LogP contribution < -0.4 is 0 Å². The second-order valence-electron chi connectivity index (χ2n) is 10.2. The van der Waals surface area contributed by atoms with E-state index in [1.807, 2.05) is 59.7 Å². The zero-order valence-electron chi connectivity index (χ0n) is 18.7. The monoisotopic (exact) mass is 429 g/mol. The predicted molar refractivity (Wildman–Crippen MR) is 119 cm³/mol. The third-order valence-electron chi connectivity index (χ3n) is 5.60. The highest BCUT2D eigenvalue weighted by Crippen LogP contribution is 2.46. The summed E-state index contributed by atoms with van der Waals surface area (Å²) in [4.78, 5) is 14.2. The topological polar surface area (TPSA) is 88.8 Å². The number of hydrogen-bond acceptors (Lipinski definition) is 5. The van der Waals surface area contributed by atoms with Crippen LogP contribution in [0.1, 0.15) is 71.1 Å². The molecule has 30 heavy (non-hydrogen) atoms. The van der Waals surface area contributed by atoms with Crippen molar-refractivity contribution in [1.29, 1.82) is 5.26 Å². The van der Waals surface area contributed by atoms with Gasteiger partial charge in [0.25, 0.3) is 0 Å². The van der Waals surface area contributed by atoms with Crippen LogP contribution in [0.4, 0.5) is 4.79 Å². The summed E-state index contributed by atoms with van der Waals surface area (Å²) in [6.45, 7) is 12.5. The summed E-state index contributed by atoms with van der Waals surface area (Å²) in [5.74, 6) is 0. The van der Waals surface area contributed by atoms with Crippen LogP contribution >= 0.6 is 0 Å². The van der Waals surface area contributed by atoms with Gasteiger partial charge in [-0.3, -0.25) is 0 Å². The van der Waals surface area contributed by atoms with Crippen LogP contribution in [-0.2, 0) is 22.5 Å². The molecule has 1 fully saturated rings. The number of carbonyl (C=O) groups excluding carboxylic acids is 1. The number of fused-ring (bicyclic) bond motifs is 1. The van der Waals surface area contributed by atoms with Crippen LogP contribution in [0.2, 0.25) is 0 Å². The smallest absolute Gasteiger partial charge is 0.410 e. The molecule has 1 spiro atoms. The van der Waals surface area contributed by atoms with Crippen molar-refractivity contribution in [3.05, 3.63) is 34.9 Å². The Morgan fingerprint density at radius 1 is 1.23 bits per heavy atom. The van der Waals surface area contributed by atoms with Crippen LogP contribution in [0.3, 0.4) is 0 Å². The summed E-state index contributed by atoms with van der Waals surface area (Å²) < 4.78 is 22.7. The Morgan fingerprint density at radius 3 is 2.40 bits per heavy atom. The standard InChI is InChI=1S/C23H31N3O3S/c1-21(2,3)29-20(27)26-11-9-23(10-12-26)14-17-8-7-16(15-24)13-18(17)19(23)25-30(28)22(4,5)6/h7-8,13H,9-12,14H2,1-6H3. The van der Waals surface area contributed by atoms with E-state index >= 15 is 0 Å². The largest absolute Gasteiger partial charge is 0.591 e. The van der Waals surface area contributed by atoms with Gasteiger partial charge in [-0.05, 0) is 78.5 Å². The van der Waals surface area contributed by atoms with Crippen molar-refractivity contribution in [2.45, 2.75) is 71.2 Å². The highest BCUT2D eigenvalue weighted by molar-refractivity contribution is 7.91. The van der Waals surface area contributed by atoms with Crippen molar-refractivity contribution in [2.75, 3.05) is 13.1 Å². The average molecular weight is 430 g/mol. The Labute approximate surface area is 182 Å². The van der Waals surface area contributed by atoms with E-state index in [-0.39, 0.29) is 11.5 Å². The maximum absolute atomic E-state index is 12.9. The number of nitrogens with zero attached hydrogens (tertiary/aromatic N) is 3. The van der Waals surface area contributed by atoms with Gasteiger partial charge in [-0.1, -0.05) is 10.5 Å². The number of ether oxygens (including phenoxy) is 1. The quantitative estimate of drug-likeness (QED) is 0.620.